The number of alkyl halides is 3. The Labute approximate surface area is 240 Å². The zero-order valence-corrected chi connectivity index (χ0v) is 22.8. The second kappa shape index (κ2) is 11.4. The Bertz CT molecular complexity index is 1700. The number of aromatic amines is 1. The number of fused-ring (bicyclic) bond motifs is 1. The molecule has 1 unspecified atom stereocenters. The number of rotatable bonds is 9. The number of carbonyl (C=O) groups is 1. The number of ether oxygens (including phenoxy) is 2. The number of para-hydroxylation sites is 1. The molecular formula is C29H21ClF4N2O4S. The number of aromatic nitrogens is 2. The third kappa shape index (κ3) is 6.15. The van der Waals surface area contributed by atoms with Crippen LogP contribution in [0.1, 0.15) is 34.5 Å². The van der Waals surface area contributed by atoms with Gasteiger partial charge in [-0.25, -0.2) is 9.37 Å². The van der Waals surface area contributed by atoms with Gasteiger partial charge in [-0.1, -0.05) is 29.8 Å². The fourth-order valence-corrected chi connectivity index (χ4v) is 5.35. The molecule has 3 aromatic carbocycles. The molecule has 0 fully saturated rings. The van der Waals surface area contributed by atoms with Crippen LogP contribution in [0.5, 0.6) is 11.5 Å². The zero-order chi connectivity index (χ0) is 29.3. The molecule has 212 valence electrons. The van der Waals surface area contributed by atoms with Crippen LogP contribution >= 0.6 is 22.9 Å². The van der Waals surface area contributed by atoms with Crippen LogP contribution in [0.15, 0.2) is 66.9 Å². The van der Waals surface area contributed by atoms with E-state index < -0.39 is 29.4 Å². The maximum absolute atomic E-state index is 14.3. The van der Waals surface area contributed by atoms with Gasteiger partial charge in [0.1, 0.15) is 24.0 Å². The molecule has 5 rings (SSSR count). The van der Waals surface area contributed by atoms with Crippen LogP contribution in [-0.2, 0) is 24.2 Å². The van der Waals surface area contributed by atoms with Gasteiger partial charge >= 0.3 is 12.1 Å². The normalized spacial score (nSPS) is 12.4. The summed E-state index contributed by atoms with van der Waals surface area (Å²) in [5.41, 5.74) is 1.43. The van der Waals surface area contributed by atoms with Crippen molar-refractivity contribution < 1.29 is 36.9 Å². The molecule has 0 aliphatic heterocycles. The molecule has 1 atom stereocenters. The largest absolute Gasteiger partial charge is 0.488 e. The maximum atomic E-state index is 14.3. The van der Waals surface area contributed by atoms with Gasteiger partial charge in [-0.2, -0.15) is 13.2 Å². The number of carboxylic acid groups (broad SMARTS) is 1. The first-order chi connectivity index (χ1) is 19.5. The molecule has 5 aromatic rings. The first-order valence-electron chi connectivity index (χ1n) is 12.2. The van der Waals surface area contributed by atoms with Gasteiger partial charge in [0.2, 0.25) is 0 Å². The van der Waals surface area contributed by atoms with Crippen LogP contribution in [0.2, 0.25) is 5.02 Å². The van der Waals surface area contributed by atoms with E-state index in [0.29, 0.717) is 37.8 Å². The number of benzene rings is 3. The quantitative estimate of drug-likeness (QED) is 0.165. The minimum absolute atomic E-state index is 0.0156. The molecule has 12 heteroatoms. The number of nitrogens with one attached hydrogen (secondary N) is 1. The molecule has 0 radical (unpaired) electrons. The van der Waals surface area contributed by atoms with Crippen molar-refractivity contribution in [3.63, 3.8) is 0 Å². The molecule has 41 heavy (non-hydrogen) atoms. The standard InChI is InChI=1S/C29H21ClF4N2O4S/c1-15(28(37)38)20-12-35-23-10-9-18(11-19(20)23)39-14-25-24(13-40-26-21(30)3-2-4-22(26)31)36-27(41-25)16-5-7-17(8-6-16)29(32,33)34/h2-12,15,35H,13-14H2,1H3,(H,37,38). The van der Waals surface area contributed by atoms with E-state index in [-0.39, 0.29) is 24.0 Å². The maximum Gasteiger partial charge on any atom is 0.416 e. The fraction of sp³-hybridized carbons (Fsp3) is 0.172. The van der Waals surface area contributed by atoms with Crippen LogP contribution in [0.25, 0.3) is 21.5 Å². The van der Waals surface area contributed by atoms with Crippen LogP contribution in [-0.4, -0.2) is 21.0 Å². The fourth-order valence-electron chi connectivity index (χ4n) is 4.15. The highest BCUT2D eigenvalue weighted by atomic mass is 35.5. The van der Waals surface area contributed by atoms with Gasteiger partial charge in [0.15, 0.2) is 11.6 Å². The van der Waals surface area contributed by atoms with Crippen molar-refractivity contribution in [1.29, 1.82) is 0 Å². The average Bonchev–Trinajstić information content (AvgIpc) is 3.54. The SMILES string of the molecule is CC(C(=O)O)c1c[nH]c2ccc(OCc3sc(-c4ccc(C(F)(F)F)cc4)nc3COc3c(F)cccc3Cl)cc12. The number of thiazole rings is 1. The third-order valence-corrected chi connectivity index (χ3v) is 7.82. The lowest BCUT2D eigenvalue weighted by atomic mass is 10.0. The van der Waals surface area contributed by atoms with E-state index in [2.05, 4.69) is 9.97 Å². The molecule has 6 nitrogen and oxygen atoms in total. The lowest BCUT2D eigenvalue weighted by Crippen LogP contribution is -2.06. The Morgan fingerprint density at radius 2 is 1.85 bits per heavy atom. The number of H-pyrrole nitrogens is 1. The van der Waals surface area contributed by atoms with Crippen molar-refractivity contribution >= 4 is 39.8 Å². The van der Waals surface area contributed by atoms with Crippen LogP contribution in [0.3, 0.4) is 0 Å². The second-order valence-corrected chi connectivity index (χ2v) is 10.6. The molecular weight excluding hydrogens is 584 g/mol. The summed E-state index contributed by atoms with van der Waals surface area (Å²) in [5.74, 6) is -2.04. The molecule has 0 saturated carbocycles. The molecule has 2 N–H and O–H groups in total. The highest BCUT2D eigenvalue weighted by Gasteiger charge is 2.30. The summed E-state index contributed by atoms with van der Waals surface area (Å²) in [4.78, 5) is 19.7. The molecule has 0 amide bonds. The number of nitrogens with zero attached hydrogens (tertiary/aromatic N) is 1. The van der Waals surface area contributed by atoms with Crippen molar-refractivity contribution in [3.05, 3.63) is 99.4 Å². The van der Waals surface area contributed by atoms with Crippen molar-refractivity contribution in [2.75, 3.05) is 0 Å². The molecule has 0 bridgehead atoms. The Morgan fingerprint density at radius 1 is 1.10 bits per heavy atom. The first kappa shape index (κ1) is 28.4. The van der Waals surface area contributed by atoms with Gasteiger partial charge in [0.05, 0.1) is 27.1 Å². The van der Waals surface area contributed by atoms with Gasteiger partial charge in [-0.05, 0) is 55.0 Å². The Balaban J connectivity index is 1.43. The Hall–Kier alpha value is -4.09. The van der Waals surface area contributed by atoms with Gasteiger partial charge < -0.3 is 19.6 Å². The van der Waals surface area contributed by atoms with Gasteiger partial charge in [0.25, 0.3) is 0 Å². The highest BCUT2D eigenvalue weighted by molar-refractivity contribution is 7.15. The van der Waals surface area contributed by atoms with E-state index in [9.17, 15) is 27.5 Å². The van der Waals surface area contributed by atoms with Crippen LogP contribution in [0.4, 0.5) is 17.6 Å². The summed E-state index contributed by atoms with van der Waals surface area (Å²) >= 11 is 7.28. The average molecular weight is 605 g/mol. The molecule has 0 saturated heterocycles. The molecule has 0 spiro atoms. The Kier molecular flexibility index (Phi) is 7.92. The summed E-state index contributed by atoms with van der Waals surface area (Å²) in [5, 5.41) is 10.6. The number of hydrogen-bond acceptors (Lipinski definition) is 5. The van der Waals surface area contributed by atoms with Gasteiger partial charge in [-0.3, -0.25) is 4.79 Å². The van der Waals surface area contributed by atoms with Crippen LogP contribution < -0.4 is 9.47 Å². The zero-order valence-electron chi connectivity index (χ0n) is 21.3. The predicted molar refractivity (Wildman–Crippen MR) is 147 cm³/mol. The first-order valence-corrected chi connectivity index (χ1v) is 13.4. The van der Waals surface area contributed by atoms with E-state index in [1.807, 2.05) is 0 Å². The molecule has 2 heterocycles. The van der Waals surface area contributed by atoms with Crippen molar-refractivity contribution in [1.82, 2.24) is 9.97 Å². The van der Waals surface area contributed by atoms with Crippen molar-refractivity contribution in [3.8, 4) is 22.1 Å². The van der Waals surface area contributed by atoms with Crippen LogP contribution in [0, 0.1) is 5.82 Å². The Morgan fingerprint density at radius 3 is 2.54 bits per heavy atom. The predicted octanol–water partition coefficient (Wildman–Crippen LogP) is 8.45. The number of aliphatic carboxylic acids is 1. The highest BCUT2D eigenvalue weighted by Crippen LogP contribution is 2.35. The summed E-state index contributed by atoms with van der Waals surface area (Å²) in [6, 6.07) is 14.0. The minimum Gasteiger partial charge on any atom is -0.488 e. The van der Waals surface area contributed by atoms with Gasteiger partial charge in [0, 0.05) is 22.7 Å². The molecule has 0 aliphatic carbocycles. The van der Waals surface area contributed by atoms with E-state index in [0.717, 1.165) is 17.6 Å². The van der Waals surface area contributed by atoms with Crippen molar-refractivity contribution in [2.24, 2.45) is 0 Å². The summed E-state index contributed by atoms with van der Waals surface area (Å²) in [6.45, 7) is 1.43. The summed E-state index contributed by atoms with van der Waals surface area (Å²) in [7, 11) is 0. The summed E-state index contributed by atoms with van der Waals surface area (Å²) < 4.78 is 65.1. The minimum atomic E-state index is -4.47. The summed E-state index contributed by atoms with van der Waals surface area (Å²) in [6.07, 6.45) is -2.82. The second-order valence-electron chi connectivity index (χ2n) is 9.10. The monoisotopic (exact) mass is 604 g/mol. The van der Waals surface area contributed by atoms with E-state index in [1.165, 1.54) is 41.7 Å². The van der Waals surface area contributed by atoms with E-state index in [4.69, 9.17) is 21.1 Å². The van der Waals surface area contributed by atoms with Gasteiger partial charge in [-0.15, -0.1) is 11.3 Å². The molecule has 0 aliphatic rings. The topological polar surface area (TPSA) is 84.4 Å². The number of hydrogen-bond donors (Lipinski definition) is 2. The number of carboxylic acids is 1. The van der Waals surface area contributed by atoms with E-state index in [1.54, 1.807) is 31.3 Å². The van der Waals surface area contributed by atoms with E-state index >= 15 is 0 Å². The lowest BCUT2D eigenvalue weighted by molar-refractivity contribution is -0.138. The molecule has 2 aromatic heterocycles. The van der Waals surface area contributed by atoms with Crippen molar-refractivity contribution in [2.45, 2.75) is 32.2 Å². The smallest absolute Gasteiger partial charge is 0.416 e. The third-order valence-electron chi connectivity index (χ3n) is 6.40. The number of halogens is 5. The lowest BCUT2D eigenvalue weighted by Gasteiger charge is -2.10.